The van der Waals surface area contributed by atoms with Gasteiger partial charge < -0.3 is 4.98 Å². The summed E-state index contributed by atoms with van der Waals surface area (Å²) in [6, 6.07) is 12.2. The highest BCUT2D eigenvalue weighted by atomic mass is 32.1. The second-order valence-electron chi connectivity index (χ2n) is 4.44. The Labute approximate surface area is 107 Å². The number of H-pyrrole nitrogens is 1. The minimum Gasteiger partial charge on any atom is -0.347 e. The molecular weight excluding hydrogens is 228 g/mol. The fraction of sp³-hybridized carbons (Fsp3) is 0.286. The maximum absolute atomic E-state index is 5.19. The zero-order chi connectivity index (χ0) is 12.3. The molecule has 1 aromatic heterocycles. The van der Waals surface area contributed by atoms with Crippen LogP contribution in [0.4, 0.5) is 0 Å². The second kappa shape index (κ2) is 5.23. The van der Waals surface area contributed by atoms with E-state index in [1.54, 1.807) is 0 Å². The van der Waals surface area contributed by atoms with E-state index in [0.29, 0.717) is 10.6 Å². The average molecular weight is 244 g/mol. The lowest BCUT2D eigenvalue weighted by atomic mass is 10.1. The zero-order valence-electron chi connectivity index (χ0n) is 10.1. The second-order valence-corrected chi connectivity index (χ2v) is 4.86. The monoisotopic (exact) mass is 244 g/mol. The molecule has 2 rings (SSSR count). The van der Waals surface area contributed by atoms with Gasteiger partial charge in [0.25, 0.3) is 0 Å². The molecule has 0 amide bonds. The Hall–Kier alpha value is -1.48. The van der Waals surface area contributed by atoms with E-state index in [-0.39, 0.29) is 0 Å². The molecule has 0 atom stereocenters. The van der Waals surface area contributed by atoms with Crippen molar-refractivity contribution < 1.29 is 0 Å². The van der Waals surface area contributed by atoms with Crippen LogP contribution in [0, 0.1) is 4.64 Å². The number of benzene rings is 1. The lowest BCUT2D eigenvalue weighted by molar-refractivity contribution is 0.789. The average Bonchev–Trinajstić information content (AvgIpc) is 2.29. The maximum atomic E-state index is 5.19. The standard InChI is InChI=1S/C14H16N2S/c1-10(2)12-9-14(17)16-13(15-12)8-11-6-4-3-5-7-11/h3-7,9-10H,8H2,1-2H3,(H,15,16,17). The number of aromatic amines is 1. The third kappa shape index (κ3) is 3.24. The van der Waals surface area contributed by atoms with Crippen LogP contribution in [0.15, 0.2) is 36.4 Å². The number of nitrogens with zero attached hydrogens (tertiary/aromatic N) is 1. The minimum absolute atomic E-state index is 0.439. The van der Waals surface area contributed by atoms with Crippen LogP contribution < -0.4 is 0 Å². The highest BCUT2D eigenvalue weighted by Crippen LogP contribution is 2.13. The van der Waals surface area contributed by atoms with Crippen LogP contribution in [0.1, 0.15) is 36.8 Å². The van der Waals surface area contributed by atoms with E-state index in [0.717, 1.165) is 17.9 Å². The van der Waals surface area contributed by atoms with Crippen LogP contribution in [0.25, 0.3) is 0 Å². The number of aromatic nitrogens is 2. The molecule has 0 saturated carbocycles. The van der Waals surface area contributed by atoms with E-state index in [9.17, 15) is 0 Å². The molecule has 1 N–H and O–H groups in total. The summed E-state index contributed by atoms with van der Waals surface area (Å²) in [4.78, 5) is 7.73. The first-order valence-electron chi connectivity index (χ1n) is 5.79. The lowest BCUT2D eigenvalue weighted by Crippen LogP contribution is -2.02. The van der Waals surface area contributed by atoms with Crippen LogP contribution in [0.5, 0.6) is 0 Å². The number of hydrogen-bond acceptors (Lipinski definition) is 2. The topological polar surface area (TPSA) is 28.7 Å². The summed E-state index contributed by atoms with van der Waals surface area (Å²) in [7, 11) is 0. The Morgan fingerprint density at radius 3 is 2.59 bits per heavy atom. The predicted molar refractivity (Wildman–Crippen MR) is 72.8 cm³/mol. The van der Waals surface area contributed by atoms with Gasteiger partial charge in [0.1, 0.15) is 10.5 Å². The number of rotatable bonds is 3. The van der Waals surface area contributed by atoms with Crippen LogP contribution >= 0.6 is 12.2 Å². The molecule has 2 nitrogen and oxygen atoms in total. The molecule has 0 fully saturated rings. The maximum Gasteiger partial charge on any atom is 0.130 e. The van der Waals surface area contributed by atoms with Gasteiger partial charge in [0.05, 0.1) is 0 Å². The Bertz CT molecular complexity index is 544. The molecule has 17 heavy (non-hydrogen) atoms. The number of nitrogens with one attached hydrogen (secondary N) is 1. The minimum atomic E-state index is 0.439. The first-order valence-corrected chi connectivity index (χ1v) is 6.20. The van der Waals surface area contributed by atoms with Crippen molar-refractivity contribution in [1.29, 1.82) is 0 Å². The Balaban J connectivity index is 2.30. The van der Waals surface area contributed by atoms with Crippen molar-refractivity contribution in [3.63, 3.8) is 0 Å². The van der Waals surface area contributed by atoms with Crippen LogP contribution in [0.3, 0.4) is 0 Å². The first kappa shape index (κ1) is 12.0. The molecule has 3 heteroatoms. The van der Waals surface area contributed by atoms with Crippen molar-refractivity contribution in [2.24, 2.45) is 0 Å². The van der Waals surface area contributed by atoms with Crippen molar-refractivity contribution in [2.75, 3.05) is 0 Å². The predicted octanol–water partition coefficient (Wildman–Crippen LogP) is 3.85. The fourth-order valence-electron chi connectivity index (χ4n) is 1.71. The third-order valence-electron chi connectivity index (χ3n) is 2.65. The summed E-state index contributed by atoms with van der Waals surface area (Å²) in [5.74, 6) is 1.38. The third-order valence-corrected chi connectivity index (χ3v) is 2.86. The molecule has 1 aromatic carbocycles. The highest BCUT2D eigenvalue weighted by molar-refractivity contribution is 7.71. The lowest BCUT2D eigenvalue weighted by Gasteiger charge is -2.08. The molecule has 0 spiro atoms. The van der Waals surface area contributed by atoms with Gasteiger partial charge in [0.15, 0.2) is 0 Å². The molecule has 88 valence electrons. The molecular formula is C14H16N2S. The van der Waals surface area contributed by atoms with Crippen LogP contribution in [-0.4, -0.2) is 9.97 Å². The van der Waals surface area contributed by atoms with E-state index in [2.05, 4.69) is 35.9 Å². The molecule has 0 aliphatic rings. The van der Waals surface area contributed by atoms with E-state index >= 15 is 0 Å². The van der Waals surface area contributed by atoms with Crippen molar-refractivity contribution in [3.8, 4) is 0 Å². The Morgan fingerprint density at radius 1 is 1.24 bits per heavy atom. The summed E-state index contributed by atoms with van der Waals surface area (Å²) >= 11 is 5.19. The quantitative estimate of drug-likeness (QED) is 0.831. The van der Waals surface area contributed by atoms with Crippen molar-refractivity contribution >= 4 is 12.2 Å². The Kier molecular flexibility index (Phi) is 3.69. The van der Waals surface area contributed by atoms with E-state index in [1.165, 1.54) is 5.56 Å². The van der Waals surface area contributed by atoms with Gasteiger partial charge in [-0.1, -0.05) is 56.4 Å². The van der Waals surface area contributed by atoms with Crippen LogP contribution in [-0.2, 0) is 6.42 Å². The van der Waals surface area contributed by atoms with Gasteiger partial charge in [-0.3, -0.25) is 0 Å². The molecule has 0 aliphatic heterocycles. The fourth-order valence-corrected chi connectivity index (χ4v) is 1.95. The largest absolute Gasteiger partial charge is 0.347 e. The van der Waals surface area contributed by atoms with Crippen LogP contribution in [0.2, 0.25) is 0 Å². The summed E-state index contributed by atoms with van der Waals surface area (Å²) in [6.45, 7) is 4.29. The van der Waals surface area contributed by atoms with Crippen molar-refractivity contribution in [2.45, 2.75) is 26.2 Å². The van der Waals surface area contributed by atoms with Gasteiger partial charge in [-0.05, 0) is 17.5 Å². The van der Waals surface area contributed by atoms with Gasteiger partial charge >= 0.3 is 0 Å². The Morgan fingerprint density at radius 2 is 1.94 bits per heavy atom. The number of hydrogen-bond donors (Lipinski definition) is 1. The molecule has 0 radical (unpaired) electrons. The molecule has 1 heterocycles. The molecule has 0 bridgehead atoms. The van der Waals surface area contributed by atoms with Gasteiger partial charge in [0.2, 0.25) is 0 Å². The van der Waals surface area contributed by atoms with E-state index in [1.807, 2.05) is 24.3 Å². The van der Waals surface area contributed by atoms with Gasteiger partial charge in [-0.15, -0.1) is 0 Å². The van der Waals surface area contributed by atoms with Gasteiger partial charge in [-0.25, -0.2) is 4.98 Å². The zero-order valence-corrected chi connectivity index (χ0v) is 10.9. The molecule has 2 aromatic rings. The molecule has 0 unspecified atom stereocenters. The van der Waals surface area contributed by atoms with Gasteiger partial charge in [0, 0.05) is 12.1 Å². The SMILES string of the molecule is CC(C)c1cc(=S)nc(Cc2ccccc2)[nH]1. The molecule has 0 aliphatic carbocycles. The van der Waals surface area contributed by atoms with Crippen molar-refractivity contribution in [3.05, 3.63) is 58.1 Å². The molecule has 0 saturated heterocycles. The van der Waals surface area contributed by atoms with Crippen molar-refractivity contribution in [1.82, 2.24) is 9.97 Å². The first-order chi connectivity index (χ1) is 8.15. The van der Waals surface area contributed by atoms with E-state index < -0.39 is 0 Å². The van der Waals surface area contributed by atoms with Gasteiger partial charge in [-0.2, -0.15) is 0 Å². The summed E-state index contributed by atoms with van der Waals surface area (Å²) in [5.41, 5.74) is 2.39. The van der Waals surface area contributed by atoms with E-state index in [4.69, 9.17) is 12.2 Å². The highest BCUT2D eigenvalue weighted by Gasteiger charge is 2.03. The summed E-state index contributed by atoms with van der Waals surface area (Å²) in [6.07, 6.45) is 0.797. The summed E-state index contributed by atoms with van der Waals surface area (Å²) < 4.78 is 0.665. The normalized spacial score (nSPS) is 10.8. The smallest absolute Gasteiger partial charge is 0.130 e. The summed E-state index contributed by atoms with van der Waals surface area (Å²) in [5, 5.41) is 0.